The van der Waals surface area contributed by atoms with Crippen molar-refractivity contribution in [3.8, 4) is 0 Å². The largest absolute Gasteiger partial charge is 0.464 e. The van der Waals surface area contributed by atoms with Gasteiger partial charge in [-0.1, -0.05) is 0 Å². The second-order valence-corrected chi connectivity index (χ2v) is 5.22. The zero-order valence-electron chi connectivity index (χ0n) is 12.5. The number of hydrogen-bond acceptors (Lipinski definition) is 5. The quantitative estimate of drug-likeness (QED) is 0.823. The van der Waals surface area contributed by atoms with Gasteiger partial charge in [-0.05, 0) is 25.1 Å². The van der Waals surface area contributed by atoms with Crippen molar-refractivity contribution in [3.63, 3.8) is 0 Å². The van der Waals surface area contributed by atoms with Crippen LogP contribution in [0.25, 0.3) is 0 Å². The van der Waals surface area contributed by atoms with Crippen LogP contribution in [0.3, 0.4) is 0 Å². The van der Waals surface area contributed by atoms with Crippen molar-refractivity contribution in [1.29, 1.82) is 0 Å². The zero-order valence-corrected chi connectivity index (χ0v) is 12.5. The highest BCUT2D eigenvalue weighted by Gasteiger charge is 2.32. The minimum absolute atomic E-state index is 0.234. The Balaban J connectivity index is 1.91. The molecule has 0 saturated carbocycles. The number of aromatic nitrogens is 2. The van der Waals surface area contributed by atoms with E-state index in [-0.39, 0.29) is 23.2 Å². The van der Waals surface area contributed by atoms with Crippen LogP contribution in [0.15, 0.2) is 33.5 Å². The first-order valence-electron chi connectivity index (χ1n) is 7.05. The summed E-state index contributed by atoms with van der Waals surface area (Å²) < 4.78 is 12.3. The van der Waals surface area contributed by atoms with Gasteiger partial charge in [-0.15, -0.1) is 0 Å². The van der Waals surface area contributed by atoms with Crippen LogP contribution in [0.5, 0.6) is 0 Å². The van der Waals surface area contributed by atoms with Crippen molar-refractivity contribution < 1.29 is 13.9 Å². The van der Waals surface area contributed by atoms with Crippen LogP contribution in [0.4, 0.5) is 0 Å². The summed E-state index contributed by atoms with van der Waals surface area (Å²) in [4.78, 5) is 25.8. The van der Waals surface area contributed by atoms with Gasteiger partial charge in [-0.2, -0.15) is 5.10 Å². The molecule has 0 spiro atoms. The smallest absolute Gasteiger partial charge is 0.275 e. The summed E-state index contributed by atoms with van der Waals surface area (Å²) in [6.45, 7) is 3.15. The standard InChI is InChI=1S/C15H17N3O4/c1-10-3-5-13(22-10)12-9-21-8-7-18(12)15(20)11-4-6-14(19)17(2)16-11/h3-6,12H,7-9H2,1-2H3. The van der Waals surface area contributed by atoms with Crippen LogP contribution in [0.1, 0.15) is 28.1 Å². The maximum atomic E-state index is 12.7. The average molecular weight is 303 g/mol. The van der Waals surface area contributed by atoms with Crippen molar-refractivity contribution in [2.45, 2.75) is 13.0 Å². The highest BCUT2D eigenvalue weighted by atomic mass is 16.5. The van der Waals surface area contributed by atoms with Gasteiger partial charge < -0.3 is 14.1 Å². The summed E-state index contributed by atoms with van der Waals surface area (Å²) in [7, 11) is 1.52. The molecule has 7 nitrogen and oxygen atoms in total. The van der Waals surface area contributed by atoms with Gasteiger partial charge in [0.2, 0.25) is 0 Å². The highest BCUT2D eigenvalue weighted by molar-refractivity contribution is 5.92. The van der Waals surface area contributed by atoms with Crippen molar-refractivity contribution in [2.75, 3.05) is 19.8 Å². The van der Waals surface area contributed by atoms with Crippen LogP contribution in [0.2, 0.25) is 0 Å². The number of furan rings is 1. The molecular weight excluding hydrogens is 286 g/mol. The SMILES string of the molecule is Cc1ccc(C2COCCN2C(=O)c2ccc(=O)n(C)n2)o1. The first-order valence-corrected chi connectivity index (χ1v) is 7.05. The van der Waals surface area contributed by atoms with Crippen LogP contribution in [0, 0.1) is 6.92 Å². The van der Waals surface area contributed by atoms with Gasteiger partial charge in [0.25, 0.3) is 11.5 Å². The Hall–Kier alpha value is -2.41. The molecular formula is C15H17N3O4. The molecule has 2 aromatic heterocycles. The molecule has 2 aromatic rings. The maximum absolute atomic E-state index is 12.7. The van der Waals surface area contributed by atoms with Gasteiger partial charge in [-0.3, -0.25) is 9.59 Å². The molecule has 0 N–H and O–H groups in total. The Kier molecular flexibility index (Phi) is 3.81. The van der Waals surface area contributed by atoms with E-state index < -0.39 is 0 Å². The molecule has 3 rings (SSSR count). The molecule has 1 aliphatic heterocycles. The summed E-state index contributed by atoms with van der Waals surface area (Å²) in [6, 6.07) is 6.21. The fourth-order valence-electron chi connectivity index (χ4n) is 2.48. The van der Waals surface area contributed by atoms with Crippen molar-refractivity contribution >= 4 is 5.91 Å². The number of carbonyl (C=O) groups excluding carboxylic acids is 1. The summed E-state index contributed by atoms with van der Waals surface area (Å²) in [6.07, 6.45) is 0. The number of amides is 1. The lowest BCUT2D eigenvalue weighted by Gasteiger charge is -2.34. The third kappa shape index (κ3) is 2.67. The van der Waals surface area contributed by atoms with Gasteiger partial charge >= 0.3 is 0 Å². The second kappa shape index (κ2) is 5.76. The molecule has 0 bridgehead atoms. The Morgan fingerprint density at radius 1 is 1.32 bits per heavy atom. The summed E-state index contributed by atoms with van der Waals surface area (Å²) >= 11 is 0. The maximum Gasteiger partial charge on any atom is 0.275 e. The first-order chi connectivity index (χ1) is 10.6. The second-order valence-electron chi connectivity index (χ2n) is 5.22. The van der Waals surface area contributed by atoms with E-state index in [4.69, 9.17) is 9.15 Å². The van der Waals surface area contributed by atoms with Gasteiger partial charge in [0.1, 0.15) is 23.3 Å². The lowest BCUT2D eigenvalue weighted by Crippen LogP contribution is -2.44. The Morgan fingerprint density at radius 2 is 2.14 bits per heavy atom. The fourth-order valence-corrected chi connectivity index (χ4v) is 2.48. The normalized spacial score (nSPS) is 18.5. The highest BCUT2D eigenvalue weighted by Crippen LogP contribution is 2.26. The zero-order chi connectivity index (χ0) is 15.7. The predicted molar refractivity (Wildman–Crippen MR) is 77.5 cm³/mol. The molecule has 0 radical (unpaired) electrons. The molecule has 1 fully saturated rings. The molecule has 0 aromatic carbocycles. The molecule has 7 heteroatoms. The van der Waals surface area contributed by atoms with Gasteiger partial charge in [0, 0.05) is 19.7 Å². The molecule has 1 aliphatic rings. The lowest BCUT2D eigenvalue weighted by atomic mass is 10.1. The van der Waals surface area contributed by atoms with Crippen molar-refractivity contribution in [2.24, 2.45) is 7.05 Å². The van der Waals surface area contributed by atoms with E-state index in [2.05, 4.69) is 5.10 Å². The molecule has 116 valence electrons. The molecule has 1 amide bonds. The molecule has 3 heterocycles. The van der Waals surface area contributed by atoms with E-state index in [0.29, 0.717) is 25.5 Å². The third-order valence-electron chi connectivity index (χ3n) is 3.66. The van der Waals surface area contributed by atoms with Gasteiger partial charge in [0.05, 0.1) is 13.2 Å². The van der Waals surface area contributed by atoms with Gasteiger partial charge in [-0.25, -0.2) is 4.68 Å². The minimum atomic E-state index is -0.283. The Morgan fingerprint density at radius 3 is 2.82 bits per heavy atom. The van der Waals surface area contributed by atoms with Crippen molar-refractivity contribution in [3.05, 3.63) is 51.8 Å². The Bertz CT molecular complexity index is 749. The summed E-state index contributed by atoms with van der Waals surface area (Å²) in [5, 5.41) is 4.02. The van der Waals surface area contributed by atoms with E-state index in [9.17, 15) is 9.59 Å². The molecule has 1 saturated heterocycles. The predicted octanol–water partition coefficient (Wildman–Crippen LogP) is 0.895. The van der Waals surface area contributed by atoms with Crippen molar-refractivity contribution in [1.82, 2.24) is 14.7 Å². The number of morpholine rings is 1. The number of aryl methyl sites for hydroxylation is 2. The van der Waals surface area contributed by atoms with Crippen LogP contribution in [-0.2, 0) is 11.8 Å². The molecule has 1 unspecified atom stereocenters. The van der Waals surface area contributed by atoms with E-state index in [1.54, 1.807) is 4.90 Å². The van der Waals surface area contributed by atoms with Gasteiger partial charge in [0.15, 0.2) is 0 Å². The topological polar surface area (TPSA) is 77.6 Å². The molecule has 0 aliphatic carbocycles. The summed E-state index contributed by atoms with van der Waals surface area (Å²) in [5.41, 5.74) is -0.0194. The number of ether oxygens (including phenoxy) is 1. The van der Waals surface area contributed by atoms with E-state index in [1.165, 1.54) is 19.2 Å². The van der Waals surface area contributed by atoms with E-state index >= 15 is 0 Å². The first kappa shape index (κ1) is 14.5. The van der Waals surface area contributed by atoms with Crippen LogP contribution >= 0.6 is 0 Å². The van der Waals surface area contributed by atoms with Crippen LogP contribution < -0.4 is 5.56 Å². The number of rotatable bonds is 2. The Labute approximate surface area is 127 Å². The average Bonchev–Trinajstić information content (AvgIpc) is 2.96. The molecule has 1 atom stereocenters. The van der Waals surface area contributed by atoms with Crippen LogP contribution in [-0.4, -0.2) is 40.3 Å². The summed E-state index contributed by atoms with van der Waals surface area (Å²) in [5.74, 6) is 1.24. The number of carbonyl (C=O) groups is 1. The third-order valence-corrected chi connectivity index (χ3v) is 3.66. The fraction of sp³-hybridized carbons (Fsp3) is 0.400. The monoisotopic (exact) mass is 303 g/mol. The van der Waals surface area contributed by atoms with E-state index in [0.717, 1.165) is 10.4 Å². The van der Waals surface area contributed by atoms with E-state index in [1.807, 2.05) is 19.1 Å². The minimum Gasteiger partial charge on any atom is -0.464 e. The lowest BCUT2D eigenvalue weighted by molar-refractivity contribution is -0.00935. The number of hydrogen-bond donors (Lipinski definition) is 0. The number of nitrogens with zero attached hydrogens (tertiary/aromatic N) is 3. The molecule has 22 heavy (non-hydrogen) atoms.